The molecule has 27 heavy (non-hydrogen) atoms. The van der Waals surface area contributed by atoms with Gasteiger partial charge in [0.1, 0.15) is 6.04 Å². The Morgan fingerprint density at radius 3 is 2.48 bits per heavy atom. The molecule has 1 saturated heterocycles. The molecule has 0 bridgehead atoms. The van der Waals surface area contributed by atoms with Crippen LogP contribution in [-0.4, -0.2) is 43.8 Å². The van der Waals surface area contributed by atoms with E-state index in [-0.39, 0.29) is 11.8 Å². The number of hydrogen-bond donors (Lipinski definition) is 2. The van der Waals surface area contributed by atoms with Crippen LogP contribution in [0, 0.1) is 5.92 Å². The second-order valence-corrected chi connectivity index (χ2v) is 7.46. The van der Waals surface area contributed by atoms with Gasteiger partial charge < -0.3 is 15.5 Å². The lowest BCUT2D eigenvalue weighted by Crippen LogP contribution is -2.44. The lowest BCUT2D eigenvalue weighted by molar-refractivity contribution is -0.118. The number of rotatable bonds is 3. The first-order chi connectivity index (χ1) is 13.1. The number of nitrogens with one attached hydrogen (secondary N) is 2. The number of para-hydroxylation sites is 1. The summed E-state index contributed by atoms with van der Waals surface area (Å²) in [6.07, 6.45) is 0. The SMILES string of the molecule is CC(C)[C@@H]1N=C(c2ccccc2)c2cccc(N3CCNCC3)c2NC1=O. The highest BCUT2D eigenvalue weighted by molar-refractivity contribution is 6.21. The lowest BCUT2D eigenvalue weighted by atomic mass is 9.99. The molecule has 1 atom stereocenters. The van der Waals surface area contributed by atoms with Crippen LogP contribution in [0.15, 0.2) is 53.5 Å². The van der Waals surface area contributed by atoms with Gasteiger partial charge in [-0.3, -0.25) is 9.79 Å². The van der Waals surface area contributed by atoms with Gasteiger partial charge in [-0.05, 0) is 12.0 Å². The largest absolute Gasteiger partial charge is 0.367 e. The molecular formula is C22H26N4O. The van der Waals surface area contributed by atoms with Gasteiger partial charge in [0, 0.05) is 37.3 Å². The Morgan fingerprint density at radius 1 is 1.04 bits per heavy atom. The molecule has 2 aromatic carbocycles. The third-order valence-electron chi connectivity index (χ3n) is 5.22. The van der Waals surface area contributed by atoms with E-state index in [0.29, 0.717) is 0 Å². The highest BCUT2D eigenvalue weighted by Gasteiger charge is 2.30. The summed E-state index contributed by atoms with van der Waals surface area (Å²) in [6, 6.07) is 16.0. The Morgan fingerprint density at radius 2 is 1.78 bits per heavy atom. The zero-order valence-electron chi connectivity index (χ0n) is 15.9. The average molecular weight is 362 g/mol. The maximum absolute atomic E-state index is 13.0. The highest BCUT2D eigenvalue weighted by atomic mass is 16.2. The van der Waals surface area contributed by atoms with E-state index in [0.717, 1.165) is 54.4 Å². The zero-order valence-corrected chi connectivity index (χ0v) is 15.9. The molecule has 5 nitrogen and oxygen atoms in total. The summed E-state index contributed by atoms with van der Waals surface area (Å²) in [7, 11) is 0. The molecule has 5 heteroatoms. The summed E-state index contributed by atoms with van der Waals surface area (Å²) in [5.74, 6) is 0.0976. The van der Waals surface area contributed by atoms with Crippen LogP contribution in [0.1, 0.15) is 25.0 Å². The number of piperazine rings is 1. The summed E-state index contributed by atoms with van der Waals surface area (Å²) < 4.78 is 0. The van der Waals surface area contributed by atoms with Crippen LogP contribution >= 0.6 is 0 Å². The molecule has 2 aliphatic rings. The van der Waals surface area contributed by atoms with Gasteiger partial charge in [0.2, 0.25) is 5.91 Å². The third-order valence-corrected chi connectivity index (χ3v) is 5.22. The van der Waals surface area contributed by atoms with Crippen LogP contribution in [0.2, 0.25) is 0 Å². The number of aliphatic imine (C=N–C) groups is 1. The average Bonchev–Trinajstić information content (AvgIpc) is 2.85. The standard InChI is InChI=1S/C22H26N4O/c1-15(2)19-22(27)25-21-17(20(24-19)16-7-4-3-5-8-16)9-6-10-18(21)26-13-11-23-12-14-26/h3-10,15,19,23H,11-14H2,1-2H3,(H,25,27)/t19-/m0/s1. The van der Waals surface area contributed by atoms with E-state index < -0.39 is 6.04 Å². The van der Waals surface area contributed by atoms with E-state index in [1.165, 1.54) is 0 Å². The molecule has 2 heterocycles. The van der Waals surface area contributed by atoms with Crippen LogP contribution < -0.4 is 15.5 Å². The smallest absolute Gasteiger partial charge is 0.249 e. The van der Waals surface area contributed by atoms with Crippen molar-refractivity contribution in [3.05, 3.63) is 59.7 Å². The lowest BCUT2D eigenvalue weighted by Gasteiger charge is -2.31. The van der Waals surface area contributed by atoms with Gasteiger partial charge in [0.25, 0.3) is 0 Å². The molecular weight excluding hydrogens is 336 g/mol. The Bertz CT molecular complexity index is 854. The summed E-state index contributed by atoms with van der Waals surface area (Å²) >= 11 is 0. The van der Waals surface area contributed by atoms with Gasteiger partial charge >= 0.3 is 0 Å². The van der Waals surface area contributed by atoms with Crippen LogP contribution in [0.3, 0.4) is 0 Å². The highest BCUT2D eigenvalue weighted by Crippen LogP contribution is 2.34. The first-order valence-electron chi connectivity index (χ1n) is 9.68. The topological polar surface area (TPSA) is 56.7 Å². The minimum atomic E-state index is -0.400. The van der Waals surface area contributed by atoms with Crippen LogP contribution in [0.4, 0.5) is 11.4 Å². The molecule has 0 spiro atoms. The van der Waals surface area contributed by atoms with Crippen molar-refractivity contribution >= 4 is 23.0 Å². The van der Waals surface area contributed by atoms with Crippen molar-refractivity contribution in [3.8, 4) is 0 Å². The number of benzodiazepines with no additional fused rings is 1. The minimum Gasteiger partial charge on any atom is -0.367 e. The van der Waals surface area contributed by atoms with Gasteiger partial charge in [-0.15, -0.1) is 0 Å². The fourth-order valence-corrected chi connectivity index (χ4v) is 3.78. The maximum Gasteiger partial charge on any atom is 0.249 e. The molecule has 0 unspecified atom stereocenters. The monoisotopic (exact) mass is 362 g/mol. The fourth-order valence-electron chi connectivity index (χ4n) is 3.78. The second kappa shape index (κ2) is 7.53. The molecule has 2 aromatic rings. The van der Waals surface area contributed by atoms with E-state index in [1.807, 2.05) is 32.0 Å². The number of anilines is 2. The first kappa shape index (κ1) is 17.7. The van der Waals surface area contributed by atoms with Crippen molar-refractivity contribution in [2.24, 2.45) is 10.9 Å². The van der Waals surface area contributed by atoms with Crippen molar-refractivity contribution in [2.45, 2.75) is 19.9 Å². The predicted octanol–water partition coefficient (Wildman–Crippen LogP) is 2.91. The minimum absolute atomic E-state index is 0.0280. The Labute approximate surface area is 160 Å². The third kappa shape index (κ3) is 3.47. The molecule has 0 aliphatic carbocycles. The Balaban J connectivity index is 1.87. The molecule has 4 rings (SSSR count). The molecule has 1 fully saturated rings. The number of carbonyl (C=O) groups excluding carboxylic acids is 1. The molecule has 2 aliphatic heterocycles. The molecule has 140 valence electrons. The molecule has 0 aromatic heterocycles. The van der Waals surface area contributed by atoms with E-state index in [4.69, 9.17) is 4.99 Å². The van der Waals surface area contributed by atoms with Gasteiger partial charge in [0.15, 0.2) is 0 Å². The van der Waals surface area contributed by atoms with E-state index >= 15 is 0 Å². The number of amides is 1. The van der Waals surface area contributed by atoms with Gasteiger partial charge in [-0.1, -0.05) is 56.3 Å². The molecule has 0 radical (unpaired) electrons. The van der Waals surface area contributed by atoms with Crippen molar-refractivity contribution in [1.29, 1.82) is 0 Å². The number of fused-ring (bicyclic) bond motifs is 1. The summed E-state index contributed by atoms with van der Waals surface area (Å²) in [5, 5.41) is 6.59. The number of nitrogens with zero attached hydrogens (tertiary/aromatic N) is 2. The van der Waals surface area contributed by atoms with Crippen LogP contribution in [-0.2, 0) is 4.79 Å². The predicted molar refractivity (Wildman–Crippen MR) is 111 cm³/mol. The van der Waals surface area contributed by atoms with E-state index in [2.05, 4.69) is 45.9 Å². The van der Waals surface area contributed by atoms with Crippen molar-refractivity contribution in [1.82, 2.24) is 5.32 Å². The number of hydrogen-bond acceptors (Lipinski definition) is 4. The number of benzene rings is 2. The Hall–Kier alpha value is -2.66. The Kier molecular flexibility index (Phi) is 4.94. The molecule has 1 amide bonds. The van der Waals surface area contributed by atoms with Gasteiger partial charge in [0.05, 0.1) is 17.1 Å². The van der Waals surface area contributed by atoms with Crippen molar-refractivity contribution in [3.63, 3.8) is 0 Å². The second-order valence-electron chi connectivity index (χ2n) is 7.46. The maximum atomic E-state index is 13.0. The van der Waals surface area contributed by atoms with E-state index in [9.17, 15) is 4.79 Å². The summed E-state index contributed by atoms with van der Waals surface area (Å²) in [6.45, 7) is 7.85. The van der Waals surface area contributed by atoms with Gasteiger partial charge in [-0.2, -0.15) is 0 Å². The fraction of sp³-hybridized carbons (Fsp3) is 0.364. The summed E-state index contributed by atoms with van der Waals surface area (Å²) in [4.78, 5) is 20.3. The van der Waals surface area contributed by atoms with E-state index in [1.54, 1.807) is 0 Å². The summed E-state index contributed by atoms with van der Waals surface area (Å²) in [5.41, 5.74) is 4.89. The molecule has 0 saturated carbocycles. The quantitative estimate of drug-likeness (QED) is 0.883. The zero-order chi connectivity index (χ0) is 18.8. The van der Waals surface area contributed by atoms with Gasteiger partial charge in [-0.25, -0.2) is 0 Å². The molecule has 2 N–H and O–H groups in total. The normalized spacial score (nSPS) is 20.0. The van der Waals surface area contributed by atoms with Crippen molar-refractivity contribution in [2.75, 3.05) is 36.4 Å². The first-order valence-corrected chi connectivity index (χ1v) is 9.68. The van der Waals surface area contributed by atoms with Crippen LogP contribution in [0.25, 0.3) is 0 Å². The van der Waals surface area contributed by atoms with Crippen LogP contribution in [0.5, 0.6) is 0 Å². The van der Waals surface area contributed by atoms with Crippen molar-refractivity contribution < 1.29 is 4.79 Å². The number of carbonyl (C=O) groups is 1.